The Labute approximate surface area is 157 Å². The summed E-state index contributed by atoms with van der Waals surface area (Å²) in [6, 6.07) is 0. The Morgan fingerprint density at radius 3 is 2.00 bits per heavy atom. The highest BCUT2D eigenvalue weighted by molar-refractivity contribution is 4.97. The molecule has 3 fully saturated rings. The van der Waals surface area contributed by atoms with E-state index in [-0.39, 0.29) is 0 Å². The van der Waals surface area contributed by atoms with Gasteiger partial charge in [0.2, 0.25) is 0 Å². The third kappa shape index (κ3) is 5.84. The fourth-order valence-corrected chi connectivity index (χ4v) is 5.74. The van der Waals surface area contributed by atoms with Crippen LogP contribution in [0.2, 0.25) is 0 Å². The van der Waals surface area contributed by atoms with E-state index in [4.69, 9.17) is 4.74 Å². The number of ether oxygens (including phenoxy) is 1. The summed E-state index contributed by atoms with van der Waals surface area (Å²) >= 11 is 0. The molecule has 2 atom stereocenters. The predicted molar refractivity (Wildman–Crippen MR) is 108 cm³/mol. The van der Waals surface area contributed by atoms with Crippen LogP contribution in [0.4, 0.5) is 0 Å². The molecule has 25 heavy (non-hydrogen) atoms. The molecule has 0 N–H and O–H groups in total. The fourth-order valence-electron chi connectivity index (χ4n) is 5.74. The van der Waals surface area contributed by atoms with Gasteiger partial charge in [-0.2, -0.15) is 0 Å². The van der Waals surface area contributed by atoms with E-state index in [9.17, 15) is 0 Å². The molecule has 2 unspecified atom stereocenters. The van der Waals surface area contributed by atoms with Gasteiger partial charge in [-0.15, -0.1) is 0 Å². The zero-order valence-corrected chi connectivity index (χ0v) is 16.9. The second-order valence-electron chi connectivity index (χ2n) is 9.35. The molecule has 0 aromatic heterocycles. The quantitative estimate of drug-likeness (QED) is 0.463. The molecule has 0 spiro atoms. The zero-order valence-electron chi connectivity index (χ0n) is 16.9. The summed E-state index contributed by atoms with van der Waals surface area (Å²) in [6.45, 7) is 5.72. The van der Waals surface area contributed by atoms with Crippen LogP contribution < -0.4 is 0 Å². The van der Waals surface area contributed by atoms with E-state index in [0.717, 1.165) is 36.2 Å². The molecule has 1 aliphatic heterocycles. The molecule has 2 aliphatic carbocycles. The summed E-state index contributed by atoms with van der Waals surface area (Å²) in [4.78, 5) is 0. The maximum Gasteiger partial charge on any atom is 0.0756 e. The molecule has 0 amide bonds. The van der Waals surface area contributed by atoms with Crippen molar-refractivity contribution in [2.45, 2.75) is 103 Å². The summed E-state index contributed by atoms with van der Waals surface area (Å²) in [5, 5.41) is 0. The third-order valence-electron chi connectivity index (χ3n) is 7.67. The lowest BCUT2D eigenvalue weighted by atomic mass is 9.73. The van der Waals surface area contributed by atoms with Crippen molar-refractivity contribution in [3.63, 3.8) is 0 Å². The zero-order chi connectivity index (χ0) is 17.5. The van der Waals surface area contributed by atoms with E-state index in [1.165, 1.54) is 83.5 Å². The van der Waals surface area contributed by atoms with E-state index in [0.29, 0.717) is 6.10 Å². The predicted octanol–water partition coefficient (Wildman–Crippen LogP) is 7.16. The maximum atomic E-state index is 6.26. The van der Waals surface area contributed by atoms with Gasteiger partial charge in [-0.25, -0.2) is 0 Å². The van der Waals surface area contributed by atoms with Gasteiger partial charge >= 0.3 is 0 Å². The van der Waals surface area contributed by atoms with Crippen molar-refractivity contribution >= 4 is 0 Å². The van der Waals surface area contributed by atoms with E-state index < -0.39 is 0 Å². The number of rotatable bonds is 6. The maximum absolute atomic E-state index is 6.26. The van der Waals surface area contributed by atoms with Gasteiger partial charge in [0.05, 0.1) is 12.7 Å². The monoisotopic (exact) mass is 346 g/mol. The van der Waals surface area contributed by atoms with Gasteiger partial charge in [0.25, 0.3) is 0 Å². The lowest BCUT2D eigenvalue weighted by Crippen LogP contribution is -2.31. The molecule has 0 bridgehead atoms. The third-order valence-corrected chi connectivity index (χ3v) is 7.67. The van der Waals surface area contributed by atoms with Crippen LogP contribution in [0.3, 0.4) is 0 Å². The Morgan fingerprint density at radius 2 is 1.40 bits per heavy atom. The van der Waals surface area contributed by atoms with Crippen LogP contribution in [0, 0.1) is 29.6 Å². The molecule has 144 valence electrons. The molecule has 3 rings (SSSR count). The molecule has 0 radical (unpaired) electrons. The highest BCUT2D eigenvalue weighted by atomic mass is 16.5. The molecule has 1 nitrogen and oxygen atoms in total. The summed E-state index contributed by atoms with van der Waals surface area (Å²) in [5.74, 6) is 4.68. The first-order chi connectivity index (χ1) is 12.3. The van der Waals surface area contributed by atoms with Crippen molar-refractivity contribution in [2.24, 2.45) is 29.6 Å². The number of hydrogen-bond acceptors (Lipinski definition) is 1. The van der Waals surface area contributed by atoms with Gasteiger partial charge in [-0.3, -0.25) is 0 Å². The largest absolute Gasteiger partial charge is 0.374 e. The second kappa shape index (κ2) is 10.1. The molecule has 1 heterocycles. The van der Waals surface area contributed by atoms with Crippen LogP contribution in [0.15, 0.2) is 12.2 Å². The first-order valence-corrected chi connectivity index (χ1v) is 11.6. The molecular formula is C24H42O. The molecule has 2 saturated carbocycles. The van der Waals surface area contributed by atoms with Crippen molar-refractivity contribution in [2.75, 3.05) is 6.61 Å². The molecule has 0 aromatic rings. The minimum absolute atomic E-state index is 0.414. The molecular weight excluding hydrogens is 304 g/mol. The normalized spacial score (nSPS) is 40.4. The molecule has 3 aliphatic rings. The van der Waals surface area contributed by atoms with Gasteiger partial charge in [-0.05, 0) is 81.0 Å². The Hall–Kier alpha value is -0.300. The number of hydrogen-bond donors (Lipinski definition) is 0. The van der Waals surface area contributed by atoms with E-state index in [1.54, 1.807) is 0 Å². The Kier molecular flexibility index (Phi) is 7.90. The van der Waals surface area contributed by atoms with E-state index >= 15 is 0 Å². The highest BCUT2D eigenvalue weighted by Crippen LogP contribution is 2.39. The van der Waals surface area contributed by atoms with Crippen LogP contribution >= 0.6 is 0 Å². The van der Waals surface area contributed by atoms with Crippen molar-refractivity contribution in [1.82, 2.24) is 0 Å². The van der Waals surface area contributed by atoms with Crippen LogP contribution in [-0.4, -0.2) is 12.7 Å². The van der Waals surface area contributed by atoms with Crippen LogP contribution in [0.1, 0.15) is 97.3 Å². The highest BCUT2D eigenvalue weighted by Gasteiger charge is 2.30. The van der Waals surface area contributed by atoms with Crippen LogP contribution in [0.25, 0.3) is 0 Å². The lowest BCUT2D eigenvalue weighted by molar-refractivity contribution is -0.0169. The van der Waals surface area contributed by atoms with Gasteiger partial charge in [0.15, 0.2) is 0 Å². The van der Waals surface area contributed by atoms with Crippen LogP contribution in [0.5, 0.6) is 0 Å². The first-order valence-electron chi connectivity index (χ1n) is 11.6. The summed E-state index contributed by atoms with van der Waals surface area (Å²) in [7, 11) is 0. The summed E-state index contributed by atoms with van der Waals surface area (Å²) < 4.78 is 6.26. The second-order valence-corrected chi connectivity index (χ2v) is 9.35. The minimum atomic E-state index is 0.414. The van der Waals surface area contributed by atoms with Crippen molar-refractivity contribution in [1.29, 1.82) is 0 Å². The van der Waals surface area contributed by atoms with E-state index in [2.05, 4.69) is 26.0 Å². The van der Waals surface area contributed by atoms with Crippen molar-refractivity contribution in [3.05, 3.63) is 12.2 Å². The van der Waals surface area contributed by atoms with Crippen molar-refractivity contribution in [3.8, 4) is 0 Å². The lowest BCUT2D eigenvalue weighted by Gasteiger charge is -2.37. The average molecular weight is 347 g/mol. The topological polar surface area (TPSA) is 9.23 Å². The molecule has 1 saturated heterocycles. The summed E-state index contributed by atoms with van der Waals surface area (Å²) in [6.07, 6.45) is 23.8. The Bertz CT molecular complexity index is 377. The van der Waals surface area contributed by atoms with Gasteiger partial charge in [0.1, 0.15) is 0 Å². The standard InChI is InChI=1S/C24H42O/c1-3-5-20-6-8-21(9-7-20)12-16-24-17-15-23(18-25-24)22-13-10-19(4-2)11-14-22/h12,16,19-24H,3-11,13-15,17-18H2,1-2H3/b16-12+. The minimum Gasteiger partial charge on any atom is -0.374 e. The number of allylic oxidation sites excluding steroid dienone is 1. The molecule has 0 aromatic carbocycles. The SMILES string of the molecule is CCCC1CCC(/C=C/C2CCC(C3CCC(CC)CC3)CO2)CC1. The fraction of sp³-hybridized carbons (Fsp3) is 0.917. The van der Waals surface area contributed by atoms with Gasteiger partial charge < -0.3 is 4.74 Å². The average Bonchev–Trinajstić information content (AvgIpc) is 2.68. The van der Waals surface area contributed by atoms with E-state index in [1.807, 2.05) is 0 Å². The van der Waals surface area contributed by atoms with Crippen molar-refractivity contribution < 1.29 is 4.74 Å². The summed E-state index contributed by atoms with van der Waals surface area (Å²) in [5.41, 5.74) is 0. The molecule has 1 heteroatoms. The van der Waals surface area contributed by atoms with Gasteiger partial charge in [-0.1, -0.05) is 58.1 Å². The first kappa shape index (κ1) is 19.5. The van der Waals surface area contributed by atoms with Crippen LogP contribution in [-0.2, 0) is 4.74 Å². The Morgan fingerprint density at radius 1 is 0.720 bits per heavy atom. The van der Waals surface area contributed by atoms with Gasteiger partial charge in [0, 0.05) is 0 Å². The Balaban J connectivity index is 1.34. The smallest absolute Gasteiger partial charge is 0.0756 e.